The van der Waals surface area contributed by atoms with Crippen molar-refractivity contribution in [2.24, 2.45) is 5.73 Å². The molecule has 0 aliphatic rings. The molecule has 0 saturated heterocycles. The minimum absolute atomic E-state index is 0. The van der Waals surface area contributed by atoms with Crippen molar-refractivity contribution in [1.29, 1.82) is 0 Å². The number of benzene rings is 1. The first-order chi connectivity index (χ1) is 11.6. The number of nitrogens with zero attached hydrogens (tertiary/aromatic N) is 2. The molecule has 2 aromatic rings. The number of rotatable bonds is 9. The molecule has 1 aromatic carbocycles. The third-order valence-electron chi connectivity index (χ3n) is 3.91. The Balaban J connectivity index is 0.00000312. The van der Waals surface area contributed by atoms with Gasteiger partial charge in [-0.25, -0.2) is 4.98 Å². The van der Waals surface area contributed by atoms with Crippen LogP contribution in [0.1, 0.15) is 23.7 Å². The van der Waals surface area contributed by atoms with E-state index in [1.54, 1.807) is 17.5 Å². The molecular formula is C18H26ClN3O2S. The van der Waals surface area contributed by atoms with Gasteiger partial charge >= 0.3 is 0 Å². The summed E-state index contributed by atoms with van der Waals surface area (Å²) in [5.41, 5.74) is 11.1. The van der Waals surface area contributed by atoms with E-state index < -0.39 is 6.04 Å². The topological polar surface area (TPSA) is 68.5 Å². The molecule has 2 rings (SSSR count). The van der Waals surface area contributed by atoms with E-state index in [1.807, 2.05) is 5.38 Å². The zero-order chi connectivity index (χ0) is 17.4. The molecule has 0 saturated carbocycles. The molecule has 1 heterocycles. The molecule has 0 fully saturated rings. The van der Waals surface area contributed by atoms with Crippen LogP contribution in [0.15, 0.2) is 35.2 Å². The van der Waals surface area contributed by atoms with E-state index in [9.17, 15) is 4.79 Å². The Bertz CT molecular complexity index is 620. The fraction of sp³-hybridized carbons (Fsp3) is 0.444. The van der Waals surface area contributed by atoms with Crippen LogP contribution < -0.4 is 5.73 Å². The van der Waals surface area contributed by atoms with Gasteiger partial charge in [-0.2, -0.15) is 0 Å². The van der Waals surface area contributed by atoms with Crippen molar-refractivity contribution >= 4 is 29.7 Å². The summed E-state index contributed by atoms with van der Waals surface area (Å²) in [5.74, 6) is -0.0698. The lowest BCUT2D eigenvalue weighted by molar-refractivity contribution is -0.133. The van der Waals surface area contributed by atoms with Gasteiger partial charge in [0.1, 0.15) is 0 Å². The number of carbonyl (C=O) groups excluding carboxylic acids is 1. The van der Waals surface area contributed by atoms with E-state index >= 15 is 0 Å². The highest BCUT2D eigenvalue weighted by molar-refractivity contribution is 7.07. The number of aromatic nitrogens is 1. The molecule has 7 heteroatoms. The Kier molecular flexibility index (Phi) is 9.67. The highest BCUT2D eigenvalue weighted by Crippen LogP contribution is 2.11. The lowest BCUT2D eigenvalue weighted by Gasteiger charge is -2.25. The van der Waals surface area contributed by atoms with Crippen molar-refractivity contribution in [3.05, 3.63) is 52.0 Å². The SMILES string of the molecule is CCc1ccc(CN(CCOC)C(=O)[C@@H](N)Cc2cscn2)cc1.Cl. The smallest absolute Gasteiger partial charge is 0.240 e. The zero-order valence-corrected chi connectivity index (χ0v) is 16.3. The Morgan fingerprint density at radius 1 is 1.32 bits per heavy atom. The lowest BCUT2D eigenvalue weighted by atomic mass is 10.1. The first-order valence-corrected chi connectivity index (χ1v) is 9.06. The van der Waals surface area contributed by atoms with Crippen LogP contribution in [-0.2, 0) is 28.9 Å². The molecule has 0 bridgehead atoms. The summed E-state index contributed by atoms with van der Waals surface area (Å²) in [5, 5.41) is 1.93. The van der Waals surface area contributed by atoms with Gasteiger partial charge < -0.3 is 15.4 Å². The van der Waals surface area contributed by atoms with Gasteiger partial charge in [-0.3, -0.25) is 4.79 Å². The molecule has 1 aromatic heterocycles. The summed E-state index contributed by atoms with van der Waals surface area (Å²) in [6.45, 7) is 3.68. The third-order valence-corrected chi connectivity index (χ3v) is 4.55. The fourth-order valence-corrected chi connectivity index (χ4v) is 3.03. The van der Waals surface area contributed by atoms with Gasteiger partial charge in [-0.15, -0.1) is 23.7 Å². The second-order valence-electron chi connectivity index (χ2n) is 5.71. The van der Waals surface area contributed by atoms with E-state index in [0.717, 1.165) is 17.7 Å². The van der Waals surface area contributed by atoms with Crippen molar-refractivity contribution in [1.82, 2.24) is 9.88 Å². The Labute approximate surface area is 159 Å². The largest absolute Gasteiger partial charge is 0.383 e. The molecule has 1 amide bonds. The first-order valence-electron chi connectivity index (χ1n) is 8.12. The zero-order valence-electron chi connectivity index (χ0n) is 14.7. The standard InChI is InChI=1S/C18H25N3O2S.ClH/c1-3-14-4-6-15(7-5-14)11-21(8-9-23-2)18(22)17(19)10-16-12-24-13-20-16;/h4-7,12-13,17H,3,8-11,19H2,1-2H3;1H/t17-;/m0./s1. The van der Waals surface area contributed by atoms with E-state index in [1.165, 1.54) is 16.9 Å². The van der Waals surface area contributed by atoms with Crippen LogP contribution in [0.2, 0.25) is 0 Å². The number of halogens is 1. The molecule has 0 unspecified atom stereocenters. The molecule has 5 nitrogen and oxygen atoms in total. The first kappa shape index (κ1) is 21.6. The third kappa shape index (κ3) is 6.74. The highest BCUT2D eigenvalue weighted by atomic mass is 35.5. The Morgan fingerprint density at radius 2 is 2.00 bits per heavy atom. The molecule has 2 N–H and O–H groups in total. The van der Waals surface area contributed by atoms with Gasteiger partial charge in [0.25, 0.3) is 0 Å². The van der Waals surface area contributed by atoms with Crippen molar-refractivity contribution in [3.63, 3.8) is 0 Å². The molecule has 0 radical (unpaired) electrons. The van der Waals surface area contributed by atoms with Crippen molar-refractivity contribution in [2.45, 2.75) is 32.4 Å². The second kappa shape index (κ2) is 11.2. The van der Waals surface area contributed by atoms with E-state index in [-0.39, 0.29) is 18.3 Å². The van der Waals surface area contributed by atoms with Crippen LogP contribution in [0.5, 0.6) is 0 Å². The Hall–Kier alpha value is -1.47. The molecule has 0 spiro atoms. The van der Waals surface area contributed by atoms with E-state index in [4.69, 9.17) is 10.5 Å². The second-order valence-corrected chi connectivity index (χ2v) is 6.43. The van der Waals surface area contributed by atoms with Gasteiger partial charge in [0.2, 0.25) is 5.91 Å². The van der Waals surface area contributed by atoms with Crippen LogP contribution >= 0.6 is 23.7 Å². The maximum Gasteiger partial charge on any atom is 0.240 e. The van der Waals surface area contributed by atoms with Gasteiger partial charge in [0, 0.05) is 32.0 Å². The molecular weight excluding hydrogens is 358 g/mol. The van der Waals surface area contributed by atoms with Crippen LogP contribution in [0, 0.1) is 0 Å². The van der Waals surface area contributed by atoms with Crippen molar-refractivity contribution in [2.75, 3.05) is 20.3 Å². The number of methoxy groups -OCH3 is 1. The number of hydrogen-bond acceptors (Lipinski definition) is 5. The number of ether oxygens (including phenoxy) is 1. The van der Waals surface area contributed by atoms with E-state index in [2.05, 4.69) is 36.2 Å². The molecule has 25 heavy (non-hydrogen) atoms. The predicted octanol–water partition coefficient (Wildman–Crippen LogP) is 2.67. The fourth-order valence-electron chi connectivity index (χ4n) is 2.45. The lowest BCUT2D eigenvalue weighted by Crippen LogP contribution is -2.45. The van der Waals surface area contributed by atoms with Gasteiger partial charge in [-0.05, 0) is 17.5 Å². The van der Waals surface area contributed by atoms with E-state index in [0.29, 0.717) is 26.1 Å². The Morgan fingerprint density at radius 3 is 2.56 bits per heavy atom. The van der Waals surface area contributed by atoms with Crippen LogP contribution in [-0.4, -0.2) is 42.1 Å². The van der Waals surface area contributed by atoms with Crippen LogP contribution in [0.3, 0.4) is 0 Å². The molecule has 138 valence electrons. The number of aryl methyl sites for hydroxylation is 1. The normalized spacial score (nSPS) is 11.6. The maximum atomic E-state index is 12.7. The summed E-state index contributed by atoms with van der Waals surface area (Å²) in [7, 11) is 1.63. The minimum atomic E-state index is -0.584. The average molecular weight is 384 g/mol. The number of carbonyl (C=O) groups is 1. The number of amides is 1. The average Bonchev–Trinajstić information content (AvgIpc) is 3.11. The maximum absolute atomic E-state index is 12.7. The van der Waals surface area contributed by atoms with Gasteiger partial charge in [0.05, 0.1) is 23.9 Å². The minimum Gasteiger partial charge on any atom is -0.383 e. The van der Waals surface area contributed by atoms with Crippen LogP contribution in [0.25, 0.3) is 0 Å². The summed E-state index contributed by atoms with van der Waals surface area (Å²) in [4.78, 5) is 18.7. The number of thiazole rings is 1. The van der Waals surface area contributed by atoms with Gasteiger partial charge in [-0.1, -0.05) is 31.2 Å². The summed E-state index contributed by atoms with van der Waals surface area (Å²) in [6.07, 6.45) is 1.46. The number of nitrogens with two attached hydrogens (primary N) is 1. The molecule has 0 aliphatic heterocycles. The van der Waals surface area contributed by atoms with Gasteiger partial charge in [0.15, 0.2) is 0 Å². The number of hydrogen-bond donors (Lipinski definition) is 1. The summed E-state index contributed by atoms with van der Waals surface area (Å²) >= 11 is 1.51. The van der Waals surface area contributed by atoms with Crippen molar-refractivity contribution < 1.29 is 9.53 Å². The molecule has 0 aliphatic carbocycles. The summed E-state index contributed by atoms with van der Waals surface area (Å²) < 4.78 is 5.14. The monoisotopic (exact) mass is 383 g/mol. The quantitative estimate of drug-likeness (QED) is 0.722. The highest BCUT2D eigenvalue weighted by Gasteiger charge is 2.22. The summed E-state index contributed by atoms with van der Waals surface area (Å²) in [6, 6.07) is 7.75. The molecule has 1 atom stereocenters. The van der Waals surface area contributed by atoms with Crippen LogP contribution in [0.4, 0.5) is 0 Å². The predicted molar refractivity (Wildman–Crippen MR) is 104 cm³/mol. The van der Waals surface area contributed by atoms with Crippen molar-refractivity contribution in [3.8, 4) is 0 Å².